The van der Waals surface area contributed by atoms with Crippen LogP contribution in [0.5, 0.6) is 5.75 Å². The van der Waals surface area contributed by atoms with Gasteiger partial charge in [0.25, 0.3) is 0 Å². The van der Waals surface area contributed by atoms with E-state index in [-0.39, 0.29) is 30.9 Å². The summed E-state index contributed by atoms with van der Waals surface area (Å²) in [5.74, 6) is -1.38. The Morgan fingerprint density at radius 2 is 1.75 bits per heavy atom. The van der Waals surface area contributed by atoms with E-state index < -0.39 is 34.6 Å². The van der Waals surface area contributed by atoms with Crippen molar-refractivity contribution >= 4 is 23.4 Å². The third kappa shape index (κ3) is 5.81. The van der Waals surface area contributed by atoms with Gasteiger partial charge < -0.3 is 29.3 Å². The van der Waals surface area contributed by atoms with Crippen LogP contribution in [0.4, 0.5) is 5.69 Å². The number of amides is 3. The van der Waals surface area contributed by atoms with E-state index in [4.69, 9.17) is 9.47 Å². The van der Waals surface area contributed by atoms with Gasteiger partial charge in [-0.05, 0) is 90.5 Å². The molecule has 0 radical (unpaired) electrons. The van der Waals surface area contributed by atoms with Crippen molar-refractivity contribution in [3.63, 3.8) is 0 Å². The minimum atomic E-state index is -1.11. The number of aliphatic hydroxyl groups is 1. The lowest BCUT2D eigenvalue weighted by atomic mass is 9.64. The second-order valence-corrected chi connectivity index (χ2v) is 13.2. The molecule has 3 amide bonds. The van der Waals surface area contributed by atoms with Gasteiger partial charge in [-0.3, -0.25) is 14.4 Å². The Morgan fingerprint density at radius 1 is 1.07 bits per heavy atom. The predicted molar refractivity (Wildman–Crippen MR) is 171 cm³/mol. The zero-order chi connectivity index (χ0) is 32.3. The van der Waals surface area contributed by atoms with Gasteiger partial charge >= 0.3 is 0 Å². The maximum Gasteiger partial charge on any atom is 0.249 e. The SMILES string of the molecule is C=CCN(C(=O)[C@H]1[C@H]2C(=O)N(CCCCCO)C(C(=O)N(CC=C)C(C)(C)C)C23CC[C@]1(CC)O3)c1ccc(OCC)cc1. The Kier molecular flexibility index (Phi) is 10.3. The van der Waals surface area contributed by atoms with E-state index in [1.807, 2.05) is 58.9 Å². The number of ether oxygens (including phenoxy) is 2. The molecular weight excluding hydrogens is 558 g/mol. The third-order valence-corrected chi connectivity index (χ3v) is 9.66. The summed E-state index contributed by atoms with van der Waals surface area (Å²) < 4.78 is 12.6. The van der Waals surface area contributed by atoms with E-state index >= 15 is 0 Å². The predicted octanol–water partition coefficient (Wildman–Crippen LogP) is 4.73. The summed E-state index contributed by atoms with van der Waals surface area (Å²) in [6, 6.07) is 6.52. The normalized spacial score (nSPS) is 27.3. The van der Waals surface area contributed by atoms with Crippen LogP contribution in [0.2, 0.25) is 0 Å². The fourth-order valence-electron chi connectivity index (χ4n) is 7.66. The van der Waals surface area contributed by atoms with Gasteiger partial charge in [-0.2, -0.15) is 0 Å². The average molecular weight is 610 g/mol. The summed E-state index contributed by atoms with van der Waals surface area (Å²) in [4.78, 5) is 49.0. The quantitative estimate of drug-likeness (QED) is 0.228. The summed E-state index contributed by atoms with van der Waals surface area (Å²) in [6.45, 7) is 19.2. The highest BCUT2D eigenvalue weighted by Gasteiger charge is 2.79. The van der Waals surface area contributed by atoms with Crippen molar-refractivity contribution in [2.24, 2.45) is 11.8 Å². The van der Waals surface area contributed by atoms with Crippen molar-refractivity contribution in [2.75, 3.05) is 37.7 Å². The Hall–Kier alpha value is -3.17. The molecule has 0 aromatic heterocycles. The molecule has 1 N–H and O–H groups in total. The first-order valence-electron chi connectivity index (χ1n) is 16.1. The highest BCUT2D eigenvalue weighted by atomic mass is 16.5. The van der Waals surface area contributed by atoms with E-state index in [0.717, 1.165) is 6.42 Å². The van der Waals surface area contributed by atoms with Crippen molar-refractivity contribution in [2.45, 2.75) is 95.9 Å². The van der Waals surface area contributed by atoms with Gasteiger partial charge in [-0.25, -0.2) is 0 Å². The largest absolute Gasteiger partial charge is 0.494 e. The first kappa shape index (κ1) is 33.7. The summed E-state index contributed by atoms with van der Waals surface area (Å²) in [5.41, 5.74) is -1.79. The molecule has 4 rings (SSSR count). The van der Waals surface area contributed by atoms with Gasteiger partial charge in [0.1, 0.15) is 17.4 Å². The lowest BCUT2D eigenvalue weighted by molar-refractivity contribution is -0.155. The van der Waals surface area contributed by atoms with E-state index in [9.17, 15) is 19.5 Å². The van der Waals surface area contributed by atoms with Gasteiger partial charge in [0, 0.05) is 37.5 Å². The Morgan fingerprint density at radius 3 is 2.32 bits per heavy atom. The number of anilines is 1. The van der Waals surface area contributed by atoms with E-state index in [1.54, 1.807) is 26.9 Å². The summed E-state index contributed by atoms with van der Waals surface area (Å²) in [5, 5.41) is 9.34. The Bertz CT molecular complexity index is 1230. The van der Waals surface area contributed by atoms with Gasteiger partial charge in [-0.15, -0.1) is 13.2 Å². The van der Waals surface area contributed by atoms with Crippen LogP contribution in [0, 0.1) is 11.8 Å². The molecule has 9 heteroatoms. The number of aliphatic hydroxyl groups excluding tert-OH is 1. The number of unbranched alkanes of at least 4 members (excludes halogenated alkanes) is 2. The smallest absolute Gasteiger partial charge is 0.249 e. The minimum Gasteiger partial charge on any atom is -0.494 e. The second kappa shape index (κ2) is 13.4. The first-order chi connectivity index (χ1) is 21.0. The number of likely N-dealkylation sites (tertiary alicyclic amines) is 1. The molecule has 9 nitrogen and oxygen atoms in total. The monoisotopic (exact) mass is 609 g/mol. The number of hydrogen-bond donors (Lipinski definition) is 1. The van der Waals surface area contributed by atoms with Crippen LogP contribution in [0.15, 0.2) is 49.6 Å². The zero-order valence-corrected chi connectivity index (χ0v) is 27.2. The Balaban J connectivity index is 1.79. The number of carbonyl (C=O) groups is 3. The van der Waals surface area contributed by atoms with Crippen LogP contribution < -0.4 is 9.64 Å². The standard InChI is InChI=1S/C35H51N3O6/c1-8-21-36(25-15-17-26(18-16-25)43-11-4)30(40)27-28-31(41)37(23-13-12-14-24-39)29(32(42)38(22-9-2)33(5,6)7)35(28)20-19-34(27,10-3)44-35/h8-9,15-18,27-29,39H,1-2,10-14,19-24H2,3-7H3/t27-,28+,29?,34+,35?/m1/s1. The number of hydrogen-bond acceptors (Lipinski definition) is 6. The molecule has 1 aromatic rings. The molecule has 5 atom stereocenters. The molecule has 3 aliphatic heterocycles. The number of fused-ring (bicyclic) bond motifs is 1. The molecule has 3 fully saturated rings. The van der Waals surface area contributed by atoms with Crippen molar-refractivity contribution in [1.29, 1.82) is 0 Å². The lowest BCUT2D eigenvalue weighted by Gasteiger charge is -2.42. The highest BCUT2D eigenvalue weighted by Crippen LogP contribution is 2.65. The molecule has 0 aliphatic carbocycles. The van der Waals surface area contributed by atoms with Crippen LogP contribution in [-0.2, 0) is 19.1 Å². The molecule has 0 saturated carbocycles. The summed E-state index contributed by atoms with van der Waals surface area (Å²) in [6.07, 6.45) is 7.04. The van der Waals surface area contributed by atoms with Gasteiger partial charge in [0.2, 0.25) is 17.7 Å². The summed E-state index contributed by atoms with van der Waals surface area (Å²) >= 11 is 0. The molecule has 3 aliphatic rings. The van der Waals surface area contributed by atoms with Gasteiger partial charge in [-0.1, -0.05) is 19.1 Å². The number of nitrogens with zero attached hydrogens (tertiary/aromatic N) is 3. The molecule has 3 heterocycles. The molecule has 44 heavy (non-hydrogen) atoms. The van der Waals surface area contributed by atoms with Crippen LogP contribution in [0.1, 0.15) is 73.1 Å². The average Bonchev–Trinajstić information content (AvgIpc) is 3.60. The first-order valence-corrected chi connectivity index (χ1v) is 16.1. The minimum absolute atomic E-state index is 0.0728. The molecule has 242 valence electrons. The van der Waals surface area contributed by atoms with Crippen LogP contribution in [0.25, 0.3) is 0 Å². The van der Waals surface area contributed by atoms with Crippen molar-refractivity contribution < 1.29 is 29.0 Å². The fourth-order valence-corrected chi connectivity index (χ4v) is 7.66. The van der Waals surface area contributed by atoms with Crippen molar-refractivity contribution in [3.05, 3.63) is 49.6 Å². The number of rotatable bonds is 15. The topological polar surface area (TPSA) is 99.6 Å². The van der Waals surface area contributed by atoms with Crippen molar-refractivity contribution in [3.8, 4) is 5.75 Å². The molecule has 2 bridgehead atoms. The summed E-state index contributed by atoms with van der Waals surface area (Å²) in [7, 11) is 0. The van der Waals surface area contributed by atoms with E-state index in [2.05, 4.69) is 13.2 Å². The molecular formula is C35H51N3O6. The molecule has 2 unspecified atom stereocenters. The van der Waals surface area contributed by atoms with E-state index in [0.29, 0.717) is 63.2 Å². The van der Waals surface area contributed by atoms with Crippen molar-refractivity contribution in [1.82, 2.24) is 9.80 Å². The highest BCUT2D eigenvalue weighted by molar-refractivity contribution is 6.03. The number of carbonyl (C=O) groups excluding carboxylic acids is 3. The molecule has 3 saturated heterocycles. The Labute approximate surface area is 262 Å². The second-order valence-electron chi connectivity index (χ2n) is 13.2. The molecule has 1 aromatic carbocycles. The van der Waals surface area contributed by atoms with Gasteiger partial charge in [0.05, 0.1) is 24.0 Å². The van der Waals surface area contributed by atoms with E-state index in [1.165, 1.54) is 0 Å². The lowest BCUT2D eigenvalue weighted by Crippen LogP contribution is -2.60. The maximum absolute atomic E-state index is 14.7. The van der Waals surface area contributed by atoms with Gasteiger partial charge in [0.15, 0.2) is 0 Å². The maximum atomic E-state index is 14.7. The molecule has 1 spiro atoms. The third-order valence-electron chi connectivity index (χ3n) is 9.66. The van der Waals surface area contributed by atoms with Crippen LogP contribution in [-0.4, -0.2) is 88.3 Å². The number of benzene rings is 1. The van der Waals surface area contributed by atoms with Crippen LogP contribution in [0.3, 0.4) is 0 Å². The fraction of sp³-hybridized carbons (Fsp3) is 0.629. The zero-order valence-electron chi connectivity index (χ0n) is 27.2. The van der Waals surface area contributed by atoms with Crippen LogP contribution >= 0.6 is 0 Å².